The maximum absolute atomic E-state index is 5.89. The molecule has 1 heterocycles. The van der Waals surface area contributed by atoms with Gasteiger partial charge in [0.15, 0.2) is 0 Å². The minimum Gasteiger partial charge on any atom is -0.388 e. The molecule has 0 fully saturated rings. The van der Waals surface area contributed by atoms with Crippen LogP contribution < -0.4 is 11.1 Å². The lowest BCUT2D eigenvalue weighted by Crippen LogP contribution is -2.11. The first-order valence-electron chi connectivity index (χ1n) is 5.04. The number of hydrogen-bond acceptors (Lipinski definition) is 3. The highest BCUT2D eigenvalue weighted by Crippen LogP contribution is 2.28. The van der Waals surface area contributed by atoms with Gasteiger partial charge in [0.1, 0.15) is 4.99 Å². The van der Waals surface area contributed by atoms with Gasteiger partial charge in [-0.1, -0.05) is 23.8 Å². The molecule has 0 aliphatic heterocycles. The van der Waals surface area contributed by atoms with Gasteiger partial charge in [-0.15, -0.1) is 0 Å². The van der Waals surface area contributed by atoms with Gasteiger partial charge in [-0.2, -0.15) is 0 Å². The van der Waals surface area contributed by atoms with Crippen molar-refractivity contribution in [3.05, 3.63) is 51.7 Å². The molecule has 2 rings (SSSR count). The van der Waals surface area contributed by atoms with E-state index in [2.05, 4.69) is 26.2 Å². The SMILES string of the molecule is NC(=S)c1cc(Nc2ccc(Cl)cc2Br)ccn1. The summed E-state index contributed by atoms with van der Waals surface area (Å²) in [7, 11) is 0. The van der Waals surface area contributed by atoms with Gasteiger partial charge in [0.05, 0.1) is 11.4 Å². The largest absolute Gasteiger partial charge is 0.388 e. The van der Waals surface area contributed by atoms with Gasteiger partial charge >= 0.3 is 0 Å². The van der Waals surface area contributed by atoms with E-state index in [0.717, 1.165) is 15.8 Å². The standard InChI is InChI=1S/C12H9BrClN3S/c13-9-5-7(14)1-2-10(9)17-8-3-4-16-11(6-8)12(15)18/h1-6H,(H2,15,18)(H,16,17). The van der Waals surface area contributed by atoms with Crippen molar-refractivity contribution in [2.45, 2.75) is 0 Å². The van der Waals surface area contributed by atoms with E-state index in [-0.39, 0.29) is 4.99 Å². The topological polar surface area (TPSA) is 50.9 Å². The van der Waals surface area contributed by atoms with Crippen LogP contribution in [0.5, 0.6) is 0 Å². The Morgan fingerprint density at radius 1 is 1.33 bits per heavy atom. The van der Waals surface area contributed by atoms with Crippen LogP contribution in [0.15, 0.2) is 41.0 Å². The Bertz CT molecular complexity index is 604. The molecule has 0 unspecified atom stereocenters. The average molecular weight is 343 g/mol. The maximum atomic E-state index is 5.89. The second kappa shape index (κ2) is 5.65. The Labute approximate surface area is 123 Å². The third kappa shape index (κ3) is 3.19. The summed E-state index contributed by atoms with van der Waals surface area (Å²) in [5.74, 6) is 0. The van der Waals surface area contributed by atoms with Gasteiger partial charge in [0.2, 0.25) is 0 Å². The molecule has 0 spiro atoms. The summed E-state index contributed by atoms with van der Waals surface area (Å²) in [5.41, 5.74) is 7.88. The van der Waals surface area contributed by atoms with Gasteiger partial charge in [-0.25, -0.2) is 0 Å². The summed E-state index contributed by atoms with van der Waals surface area (Å²) < 4.78 is 0.878. The molecule has 0 amide bonds. The first-order chi connectivity index (χ1) is 8.56. The van der Waals surface area contributed by atoms with Gasteiger partial charge in [-0.3, -0.25) is 4.98 Å². The second-order valence-corrected chi connectivity index (χ2v) is 5.27. The van der Waals surface area contributed by atoms with E-state index in [1.54, 1.807) is 12.3 Å². The number of halogens is 2. The van der Waals surface area contributed by atoms with E-state index in [4.69, 9.17) is 29.6 Å². The molecule has 1 aromatic carbocycles. The molecule has 18 heavy (non-hydrogen) atoms. The van der Waals surface area contributed by atoms with Crippen molar-refractivity contribution < 1.29 is 0 Å². The molecule has 0 bridgehead atoms. The fourth-order valence-corrected chi connectivity index (χ4v) is 2.28. The number of nitrogens with zero attached hydrogens (tertiary/aromatic N) is 1. The van der Waals surface area contributed by atoms with Crippen LogP contribution in [0.3, 0.4) is 0 Å². The fourth-order valence-electron chi connectivity index (χ4n) is 1.39. The Balaban J connectivity index is 2.28. The van der Waals surface area contributed by atoms with E-state index >= 15 is 0 Å². The number of thiocarbonyl (C=S) groups is 1. The van der Waals surface area contributed by atoms with Crippen molar-refractivity contribution in [2.75, 3.05) is 5.32 Å². The Morgan fingerprint density at radius 2 is 2.11 bits per heavy atom. The summed E-state index contributed by atoms with van der Waals surface area (Å²) in [6.45, 7) is 0. The number of rotatable bonds is 3. The predicted octanol–water partition coefficient (Wildman–Crippen LogP) is 3.88. The zero-order valence-electron chi connectivity index (χ0n) is 9.15. The maximum Gasteiger partial charge on any atom is 0.122 e. The number of nitrogens with two attached hydrogens (primary N) is 1. The van der Waals surface area contributed by atoms with Crippen LogP contribution >= 0.6 is 39.7 Å². The molecule has 0 saturated heterocycles. The monoisotopic (exact) mass is 341 g/mol. The van der Waals surface area contributed by atoms with E-state index < -0.39 is 0 Å². The van der Waals surface area contributed by atoms with Crippen LogP contribution in [0.2, 0.25) is 5.02 Å². The van der Waals surface area contributed by atoms with Crippen molar-refractivity contribution in [1.29, 1.82) is 0 Å². The lowest BCUT2D eigenvalue weighted by Gasteiger charge is -2.09. The molecule has 0 atom stereocenters. The lowest BCUT2D eigenvalue weighted by atomic mass is 10.2. The lowest BCUT2D eigenvalue weighted by molar-refractivity contribution is 1.29. The summed E-state index contributed by atoms with van der Waals surface area (Å²) in [6, 6.07) is 9.14. The van der Waals surface area contributed by atoms with E-state index in [0.29, 0.717) is 10.7 Å². The van der Waals surface area contributed by atoms with E-state index in [1.165, 1.54) is 0 Å². The predicted molar refractivity (Wildman–Crippen MR) is 82.6 cm³/mol. The molecule has 1 aromatic heterocycles. The molecule has 0 radical (unpaired) electrons. The van der Waals surface area contributed by atoms with Crippen molar-refractivity contribution in [1.82, 2.24) is 4.98 Å². The minimum absolute atomic E-state index is 0.272. The molecule has 0 aliphatic rings. The van der Waals surface area contributed by atoms with Crippen molar-refractivity contribution in [2.24, 2.45) is 5.73 Å². The van der Waals surface area contributed by atoms with Crippen molar-refractivity contribution in [3.8, 4) is 0 Å². The van der Waals surface area contributed by atoms with Crippen molar-refractivity contribution in [3.63, 3.8) is 0 Å². The number of nitrogens with one attached hydrogen (secondary N) is 1. The first kappa shape index (κ1) is 13.3. The van der Waals surface area contributed by atoms with Crippen LogP contribution in [0, 0.1) is 0 Å². The molecule has 0 saturated carbocycles. The van der Waals surface area contributed by atoms with Gasteiger partial charge < -0.3 is 11.1 Å². The van der Waals surface area contributed by atoms with Gasteiger partial charge in [0, 0.05) is 21.4 Å². The van der Waals surface area contributed by atoms with Crippen LogP contribution in [0.4, 0.5) is 11.4 Å². The number of pyridine rings is 1. The smallest absolute Gasteiger partial charge is 0.122 e. The molecular weight excluding hydrogens is 334 g/mol. The van der Waals surface area contributed by atoms with Crippen LogP contribution in [0.1, 0.15) is 5.69 Å². The summed E-state index contributed by atoms with van der Waals surface area (Å²) in [4.78, 5) is 4.35. The van der Waals surface area contributed by atoms with Gasteiger partial charge in [0.25, 0.3) is 0 Å². The highest BCUT2D eigenvalue weighted by atomic mass is 79.9. The molecular formula is C12H9BrClN3S. The zero-order chi connectivity index (χ0) is 13.1. The third-order valence-electron chi connectivity index (χ3n) is 2.22. The number of hydrogen-bond donors (Lipinski definition) is 2. The molecule has 3 nitrogen and oxygen atoms in total. The van der Waals surface area contributed by atoms with Crippen molar-refractivity contribution >= 4 is 56.1 Å². The van der Waals surface area contributed by atoms with Gasteiger partial charge in [-0.05, 0) is 46.3 Å². The Hall–Kier alpha value is -1.17. The number of aromatic nitrogens is 1. The average Bonchev–Trinajstić information content (AvgIpc) is 2.33. The third-order valence-corrected chi connectivity index (χ3v) is 3.32. The molecule has 3 N–H and O–H groups in total. The normalized spacial score (nSPS) is 10.1. The highest BCUT2D eigenvalue weighted by molar-refractivity contribution is 9.10. The van der Waals surface area contributed by atoms with Crippen LogP contribution in [-0.4, -0.2) is 9.97 Å². The number of benzene rings is 1. The second-order valence-electron chi connectivity index (χ2n) is 3.54. The van der Waals surface area contributed by atoms with Crippen LogP contribution in [-0.2, 0) is 0 Å². The summed E-state index contributed by atoms with van der Waals surface area (Å²) in [5, 5.41) is 3.91. The Kier molecular flexibility index (Phi) is 4.16. The molecule has 2 aromatic rings. The summed E-state index contributed by atoms with van der Waals surface area (Å²) >= 11 is 14.2. The Morgan fingerprint density at radius 3 is 2.78 bits per heavy atom. The number of anilines is 2. The molecule has 0 aliphatic carbocycles. The van der Waals surface area contributed by atoms with E-state index in [1.807, 2.05) is 24.3 Å². The zero-order valence-corrected chi connectivity index (χ0v) is 12.3. The van der Waals surface area contributed by atoms with Crippen LogP contribution in [0.25, 0.3) is 0 Å². The first-order valence-corrected chi connectivity index (χ1v) is 6.62. The highest BCUT2D eigenvalue weighted by Gasteiger charge is 2.03. The quantitative estimate of drug-likeness (QED) is 0.831. The summed E-state index contributed by atoms with van der Waals surface area (Å²) in [6.07, 6.45) is 1.65. The van der Waals surface area contributed by atoms with E-state index in [9.17, 15) is 0 Å². The minimum atomic E-state index is 0.272. The molecule has 92 valence electrons. The fraction of sp³-hybridized carbons (Fsp3) is 0. The molecule has 6 heteroatoms.